The maximum Gasteiger partial charge on any atom is 0.112 e. The van der Waals surface area contributed by atoms with Crippen molar-refractivity contribution in [1.82, 2.24) is 9.55 Å². The van der Waals surface area contributed by atoms with Crippen LogP contribution in [0.1, 0.15) is 44.9 Å². The van der Waals surface area contributed by atoms with Gasteiger partial charge < -0.3 is 9.67 Å². The average molecular weight is 272 g/mol. The summed E-state index contributed by atoms with van der Waals surface area (Å²) in [6, 6.07) is 8.17. The number of hydrogen-bond acceptors (Lipinski definition) is 2. The molecule has 0 aliphatic heterocycles. The van der Waals surface area contributed by atoms with Gasteiger partial charge in [0.25, 0.3) is 0 Å². The third kappa shape index (κ3) is 2.47. The third-order valence-electron chi connectivity index (χ3n) is 4.88. The number of aliphatic hydroxyl groups is 1. The van der Waals surface area contributed by atoms with Crippen molar-refractivity contribution in [3.8, 4) is 0 Å². The van der Waals surface area contributed by atoms with Crippen LogP contribution in [0, 0.1) is 5.92 Å². The molecular weight excluding hydrogens is 248 g/mol. The van der Waals surface area contributed by atoms with E-state index < -0.39 is 5.60 Å². The molecule has 1 atom stereocenters. The first-order valence-corrected chi connectivity index (χ1v) is 7.70. The molecule has 0 spiro atoms. The van der Waals surface area contributed by atoms with Gasteiger partial charge in [0.15, 0.2) is 0 Å². The lowest BCUT2D eigenvalue weighted by Gasteiger charge is -2.35. The van der Waals surface area contributed by atoms with Crippen molar-refractivity contribution in [3.63, 3.8) is 0 Å². The van der Waals surface area contributed by atoms with Gasteiger partial charge in [0.05, 0.1) is 16.6 Å². The van der Waals surface area contributed by atoms with Gasteiger partial charge in [-0.05, 0) is 37.8 Å². The van der Waals surface area contributed by atoms with Crippen LogP contribution in [-0.2, 0) is 13.5 Å². The SMILES string of the molecule is Cn1c(CC(C)(O)C2CCCCC2)nc2ccccc21. The number of aromatic nitrogens is 2. The number of nitrogens with zero attached hydrogens (tertiary/aromatic N) is 2. The highest BCUT2D eigenvalue weighted by Crippen LogP contribution is 2.34. The summed E-state index contributed by atoms with van der Waals surface area (Å²) in [5.41, 5.74) is 1.52. The Morgan fingerprint density at radius 1 is 1.25 bits per heavy atom. The first-order chi connectivity index (χ1) is 9.58. The molecular formula is C17H24N2O. The van der Waals surface area contributed by atoms with Crippen LogP contribution in [0.2, 0.25) is 0 Å². The van der Waals surface area contributed by atoms with Crippen LogP contribution >= 0.6 is 0 Å². The minimum absolute atomic E-state index is 0.413. The van der Waals surface area contributed by atoms with Crippen molar-refractivity contribution >= 4 is 11.0 Å². The second-order valence-corrected chi connectivity index (χ2v) is 6.44. The zero-order valence-electron chi connectivity index (χ0n) is 12.5. The molecule has 20 heavy (non-hydrogen) atoms. The maximum absolute atomic E-state index is 10.9. The molecule has 3 nitrogen and oxygen atoms in total. The van der Waals surface area contributed by atoms with Crippen molar-refractivity contribution in [2.75, 3.05) is 0 Å². The fourth-order valence-corrected chi connectivity index (χ4v) is 3.54. The summed E-state index contributed by atoms with van der Waals surface area (Å²) in [5.74, 6) is 1.40. The lowest BCUT2D eigenvalue weighted by Crippen LogP contribution is -2.38. The lowest BCUT2D eigenvalue weighted by atomic mass is 9.76. The Morgan fingerprint density at radius 3 is 2.65 bits per heavy atom. The smallest absolute Gasteiger partial charge is 0.112 e. The summed E-state index contributed by atoms with van der Waals surface area (Å²) >= 11 is 0. The van der Waals surface area contributed by atoms with E-state index in [1.807, 2.05) is 32.2 Å². The number of aryl methyl sites for hydroxylation is 1. The van der Waals surface area contributed by atoms with E-state index in [0.29, 0.717) is 12.3 Å². The molecule has 0 saturated heterocycles. The van der Waals surface area contributed by atoms with Crippen LogP contribution in [0.25, 0.3) is 11.0 Å². The molecule has 1 N–H and O–H groups in total. The van der Waals surface area contributed by atoms with E-state index >= 15 is 0 Å². The Morgan fingerprint density at radius 2 is 1.95 bits per heavy atom. The predicted molar refractivity (Wildman–Crippen MR) is 81.6 cm³/mol. The van der Waals surface area contributed by atoms with E-state index in [2.05, 4.69) is 10.6 Å². The number of hydrogen-bond donors (Lipinski definition) is 1. The van der Waals surface area contributed by atoms with Gasteiger partial charge >= 0.3 is 0 Å². The monoisotopic (exact) mass is 272 g/mol. The van der Waals surface area contributed by atoms with Crippen molar-refractivity contribution in [3.05, 3.63) is 30.1 Å². The molecule has 3 heteroatoms. The van der Waals surface area contributed by atoms with E-state index in [0.717, 1.165) is 29.7 Å². The molecule has 0 amide bonds. The maximum atomic E-state index is 10.9. The Hall–Kier alpha value is -1.35. The molecule has 108 valence electrons. The Kier molecular flexibility index (Phi) is 3.55. The van der Waals surface area contributed by atoms with Gasteiger partial charge in [-0.25, -0.2) is 4.98 Å². The molecule has 0 bridgehead atoms. The normalized spacial score (nSPS) is 20.1. The number of fused-ring (bicyclic) bond motifs is 1. The molecule has 3 rings (SSSR count). The van der Waals surface area contributed by atoms with Crippen LogP contribution in [0.15, 0.2) is 24.3 Å². The minimum atomic E-state index is -0.643. The van der Waals surface area contributed by atoms with Crippen molar-refractivity contribution < 1.29 is 5.11 Å². The van der Waals surface area contributed by atoms with E-state index in [1.165, 1.54) is 19.3 Å². The van der Waals surface area contributed by atoms with Crippen LogP contribution < -0.4 is 0 Å². The molecule has 2 aromatic rings. The summed E-state index contributed by atoms with van der Waals surface area (Å²) in [4.78, 5) is 4.70. The third-order valence-corrected chi connectivity index (χ3v) is 4.88. The molecule has 1 unspecified atom stereocenters. The van der Waals surface area contributed by atoms with Gasteiger partial charge in [0.1, 0.15) is 5.82 Å². The summed E-state index contributed by atoms with van der Waals surface area (Å²) < 4.78 is 2.12. The van der Waals surface area contributed by atoms with Crippen LogP contribution in [0.5, 0.6) is 0 Å². The highest BCUT2D eigenvalue weighted by atomic mass is 16.3. The number of para-hydroxylation sites is 2. The highest BCUT2D eigenvalue weighted by molar-refractivity contribution is 5.75. The van der Waals surface area contributed by atoms with Gasteiger partial charge in [-0.3, -0.25) is 0 Å². The minimum Gasteiger partial charge on any atom is -0.389 e. The highest BCUT2D eigenvalue weighted by Gasteiger charge is 2.34. The van der Waals surface area contributed by atoms with E-state index in [-0.39, 0.29) is 0 Å². The molecule has 1 saturated carbocycles. The molecule has 1 aromatic carbocycles. The topological polar surface area (TPSA) is 38.0 Å². The summed E-state index contributed by atoms with van der Waals surface area (Å²) in [7, 11) is 2.04. The summed E-state index contributed by atoms with van der Waals surface area (Å²) in [6.07, 6.45) is 6.77. The van der Waals surface area contributed by atoms with Crippen LogP contribution in [0.4, 0.5) is 0 Å². The van der Waals surface area contributed by atoms with Gasteiger partial charge in [0, 0.05) is 13.5 Å². The fourth-order valence-electron chi connectivity index (χ4n) is 3.54. The second-order valence-electron chi connectivity index (χ2n) is 6.44. The quantitative estimate of drug-likeness (QED) is 0.929. The standard InChI is InChI=1S/C17H24N2O/c1-17(20,13-8-4-3-5-9-13)12-16-18-14-10-6-7-11-15(14)19(16)2/h6-7,10-11,13,20H,3-5,8-9,12H2,1-2H3. The van der Waals surface area contributed by atoms with Crippen molar-refractivity contribution in [2.24, 2.45) is 13.0 Å². The molecule has 1 aromatic heterocycles. The number of rotatable bonds is 3. The molecule has 1 fully saturated rings. The van der Waals surface area contributed by atoms with E-state index in [1.54, 1.807) is 0 Å². The van der Waals surface area contributed by atoms with E-state index in [9.17, 15) is 5.11 Å². The first-order valence-electron chi connectivity index (χ1n) is 7.70. The molecule has 1 aliphatic carbocycles. The Labute approximate surface area is 120 Å². The predicted octanol–water partition coefficient (Wildman–Crippen LogP) is 3.45. The van der Waals surface area contributed by atoms with E-state index in [4.69, 9.17) is 4.98 Å². The Bertz CT molecular complexity index is 594. The fraction of sp³-hybridized carbons (Fsp3) is 0.588. The zero-order valence-corrected chi connectivity index (χ0v) is 12.5. The Balaban J connectivity index is 1.86. The lowest BCUT2D eigenvalue weighted by molar-refractivity contribution is -0.0178. The average Bonchev–Trinajstić information content (AvgIpc) is 2.76. The molecule has 1 heterocycles. The van der Waals surface area contributed by atoms with Crippen molar-refractivity contribution in [2.45, 2.75) is 51.0 Å². The molecule has 0 radical (unpaired) electrons. The van der Waals surface area contributed by atoms with Gasteiger partial charge in [-0.15, -0.1) is 0 Å². The summed E-state index contributed by atoms with van der Waals surface area (Å²) in [5, 5.41) is 10.9. The molecule has 1 aliphatic rings. The zero-order chi connectivity index (χ0) is 14.2. The summed E-state index contributed by atoms with van der Waals surface area (Å²) in [6.45, 7) is 1.99. The largest absolute Gasteiger partial charge is 0.389 e. The number of imidazole rings is 1. The second kappa shape index (κ2) is 5.21. The first kappa shape index (κ1) is 13.6. The van der Waals surface area contributed by atoms with Crippen LogP contribution in [-0.4, -0.2) is 20.3 Å². The van der Waals surface area contributed by atoms with Gasteiger partial charge in [-0.2, -0.15) is 0 Å². The van der Waals surface area contributed by atoms with Gasteiger partial charge in [-0.1, -0.05) is 31.4 Å². The number of benzene rings is 1. The van der Waals surface area contributed by atoms with Gasteiger partial charge in [0.2, 0.25) is 0 Å². The van der Waals surface area contributed by atoms with Crippen molar-refractivity contribution in [1.29, 1.82) is 0 Å². The van der Waals surface area contributed by atoms with Crippen LogP contribution in [0.3, 0.4) is 0 Å².